The molecule has 1 heterocycles. The predicted molar refractivity (Wildman–Crippen MR) is 56.1 cm³/mol. The third-order valence-corrected chi connectivity index (χ3v) is 3.44. The van der Waals surface area contributed by atoms with E-state index < -0.39 is 0 Å². The van der Waals surface area contributed by atoms with Crippen LogP contribution in [0.1, 0.15) is 13.8 Å². The van der Waals surface area contributed by atoms with Crippen molar-refractivity contribution in [1.82, 2.24) is 4.90 Å². The molecule has 1 aliphatic heterocycles. The minimum atomic E-state index is -0.272. The van der Waals surface area contributed by atoms with Crippen molar-refractivity contribution >= 4 is 29.0 Å². The normalized spacial score (nSPS) is 27.6. The van der Waals surface area contributed by atoms with E-state index in [-0.39, 0.29) is 17.6 Å². The van der Waals surface area contributed by atoms with E-state index in [1.165, 1.54) is 0 Å². The van der Waals surface area contributed by atoms with Crippen molar-refractivity contribution in [1.29, 1.82) is 0 Å². The number of nitrogens with zero attached hydrogens (tertiary/aromatic N) is 2. The lowest BCUT2D eigenvalue weighted by atomic mass is 10.5. The summed E-state index contributed by atoms with van der Waals surface area (Å²) in [6, 6.07) is 0. The Bertz CT molecular complexity index is 235. The van der Waals surface area contributed by atoms with E-state index >= 15 is 0 Å². The Kier molecular flexibility index (Phi) is 4.44. The Balaban J connectivity index is 2.92. The Labute approximate surface area is 93.6 Å². The van der Waals surface area contributed by atoms with Crippen LogP contribution in [0.3, 0.4) is 0 Å². The first-order chi connectivity index (χ1) is 6.67. The first kappa shape index (κ1) is 12.0. The number of likely N-dealkylation sites (N-methyl/N-ethyl adjacent to an activating group) is 2. The largest absolute Gasteiger partial charge is 0.279 e. The Hall–Kier alpha value is -0.0300. The molecule has 14 heavy (non-hydrogen) atoms. The predicted octanol–water partition coefficient (Wildman–Crippen LogP) is 1.37. The first-order valence-electron chi connectivity index (χ1n) is 4.60. The van der Waals surface area contributed by atoms with Crippen molar-refractivity contribution < 1.29 is 14.7 Å². The van der Waals surface area contributed by atoms with E-state index in [1.807, 2.05) is 23.3 Å². The Morgan fingerprint density at radius 2 is 2.14 bits per heavy atom. The second kappa shape index (κ2) is 5.16. The second-order valence-electron chi connectivity index (χ2n) is 3.01. The zero-order valence-electron chi connectivity index (χ0n) is 8.28. The van der Waals surface area contributed by atoms with E-state index in [2.05, 4.69) is 4.89 Å². The molecule has 0 fully saturated rings. The highest BCUT2D eigenvalue weighted by Gasteiger charge is 2.44. The number of hydrogen-bond acceptors (Lipinski definition) is 3. The van der Waals surface area contributed by atoms with Crippen molar-refractivity contribution in [2.45, 2.75) is 24.8 Å². The minimum Gasteiger partial charge on any atom is -0.251 e. The highest BCUT2D eigenvalue weighted by Crippen LogP contribution is 2.23. The van der Waals surface area contributed by atoms with Crippen molar-refractivity contribution in [3.8, 4) is 0 Å². The summed E-state index contributed by atoms with van der Waals surface area (Å²) in [5.74, 6) is 0.831. The lowest BCUT2D eigenvalue weighted by molar-refractivity contribution is -0.534. The molecule has 0 amide bonds. The summed E-state index contributed by atoms with van der Waals surface area (Å²) in [7, 11) is 0. The minimum absolute atomic E-state index is 0.119. The number of rotatable bonds is 4. The van der Waals surface area contributed by atoms with Crippen LogP contribution in [0.2, 0.25) is 0 Å². The quantitative estimate of drug-likeness (QED) is 0.266. The van der Waals surface area contributed by atoms with Gasteiger partial charge in [-0.05, 0) is 13.8 Å². The molecule has 0 radical (unpaired) electrons. The molecule has 2 unspecified atom stereocenters. The highest BCUT2D eigenvalue weighted by molar-refractivity contribution is 6.30. The average Bonchev–Trinajstić information content (AvgIpc) is 2.40. The monoisotopic (exact) mass is 241 g/mol. The van der Waals surface area contributed by atoms with Crippen molar-refractivity contribution in [2.24, 2.45) is 0 Å². The fraction of sp³-hybridized carbons (Fsp3) is 0.875. The maximum Gasteiger partial charge on any atom is 0.279 e. The molecule has 1 rings (SSSR count). The van der Waals surface area contributed by atoms with Gasteiger partial charge in [0.1, 0.15) is 0 Å². The SMILES string of the molecule is CCN1C(COO)=[N+](CC)C(Cl)C1Cl. The van der Waals surface area contributed by atoms with E-state index in [0.29, 0.717) is 0 Å². The standard InChI is InChI=1S/C8H14Cl2N2O2/c1-3-11-6(5-14-13)12(4-2)8(10)7(11)9/h7-8H,3-5H2,1-2H3/p+1. The van der Waals surface area contributed by atoms with Crippen LogP contribution in [0.25, 0.3) is 0 Å². The van der Waals surface area contributed by atoms with Gasteiger partial charge in [-0.25, -0.2) is 14.4 Å². The van der Waals surface area contributed by atoms with Gasteiger partial charge < -0.3 is 0 Å². The van der Waals surface area contributed by atoms with E-state index in [4.69, 9.17) is 28.5 Å². The van der Waals surface area contributed by atoms with Gasteiger partial charge in [-0.3, -0.25) is 5.26 Å². The van der Waals surface area contributed by atoms with Crippen LogP contribution in [-0.4, -0.2) is 51.3 Å². The Morgan fingerprint density at radius 1 is 1.50 bits per heavy atom. The molecule has 2 atom stereocenters. The molecule has 1 aliphatic rings. The third kappa shape index (κ3) is 1.98. The summed E-state index contributed by atoms with van der Waals surface area (Å²) in [5, 5.41) is 8.47. The smallest absolute Gasteiger partial charge is 0.251 e. The molecule has 0 aliphatic carbocycles. The van der Waals surface area contributed by atoms with Crippen LogP contribution in [0.5, 0.6) is 0 Å². The fourth-order valence-corrected chi connectivity index (χ4v) is 2.46. The van der Waals surface area contributed by atoms with Gasteiger partial charge in [0.15, 0.2) is 6.61 Å². The summed E-state index contributed by atoms with van der Waals surface area (Å²) >= 11 is 12.3. The fourth-order valence-electron chi connectivity index (χ4n) is 1.68. The first-order valence-corrected chi connectivity index (χ1v) is 5.48. The van der Waals surface area contributed by atoms with Gasteiger partial charge in [0.25, 0.3) is 5.84 Å². The van der Waals surface area contributed by atoms with Gasteiger partial charge in [-0.15, -0.1) is 0 Å². The summed E-state index contributed by atoms with van der Waals surface area (Å²) in [6.07, 6.45) is 0. The van der Waals surface area contributed by atoms with Gasteiger partial charge in [0, 0.05) is 0 Å². The molecule has 82 valence electrons. The zero-order chi connectivity index (χ0) is 10.7. The summed E-state index contributed by atoms with van der Waals surface area (Å²) in [4.78, 5) is 6.06. The Morgan fingerprint density at radius 3 is 2.57 bits per heavy atom. The number of alkyl halides is 2. The van der Waals surface area contributed by atoms with E-state index in [9.17, 15) is 0 Å². The highest BCUT2D eigenvalue weighted by atomic mass is 35.5. The van der Waals surface area contributed by atoms with Crippen molar-refractivity contribution in [3.05, 3.63) is 0 Å². The molecule has 0 aromatic carbocycles. The summed E-state index contributed by atoms with van der Waals surface area (Å²) < 4.78 is 1.92. The summed E-state index contributed by atoms with van der Waals surface area (Å²) in [5.41, 5.74) is -0.543. The van der Waals surface area contributed by atoms with Gasteiger partial charge in [-0.1, -0.05) is 23.2 Å². The molecule has 1 N–H and O–H groups in total. The maximum absolute atomic E-state index is 8.47. The van der Waals surface area contributed by atoms with Crippen LogP contribution < -0.4 is 0 Å². The van der Waals surface area contributed by atoms with Gasteiger partial charge in [0.05, 0.1) is 13.1 Å². The second-order valence-corrected chi connectivity index (χ2v) is 3.90. The number of amidine groups is 1. The molecule has 0 spiro atoms. The van der Waals surface area contributed by atoms with Crippen LogP contribution in [-0.2, 0) is 4.89 Å². The molecule has 0 saturated carbocycles. The average molecular weight is 242 g/mol. The summed E-state index contributed by atoms with van der Waals surface area (Å²) in [6.45, 7) is 5.57. The third-order valence-electron chi connectivity index (χ3n) is 2.36. The van der Waals surface area contributed by atoms with Gasteiger partial charge in [-0.2, -0.15) is 0 Å². The zero-order valence-corrected chi connectivity index (χ0v) is 9.79. The van der Waals surface area contributed by atoms with Crippen LogP contribution in [0, 0.1) is 0 Å². The molecule has 0 aromatic rings. The lowest BCUT2D eigenvalue weighted by Crippen LogP contribution is -2.36. The maximum atomic E-state index is 8.47. The van der Waals surface area contributed by atoms with Crippen LogP contribution in [0.15, 0.2) is 0 Å². The van der Waals surface area contributed by atoms with E-state index in [1.54, 1.807) is 0 Å². The molecule has 0 saturated heterocycles. The van der Waals surface area contributed by atoms with Crippen molar-refractivity contribution in [3.63, 3.8) is 0 Å². The molecule has 6 heteroatoms. The van der Waals surface area contributed by atoms with Gasteiger partial charge in [0.2, 0.25) is 11.0 Å². The molecular weight excluding hydrogens is 227 g/mol. The number of halogens is 2. The molecule has 0 aromatic heterocycles. The van der Waals surface area contributed by atoms with E-state index in [0.717, 1.165) is 18.9 Å². The lowest BCUT2D eigenvalue weighted by Gasteiger charge is -2.13. The topological polar surface area (TPSA) is 35.7 Å². The molecule has 0 bridgehead atoms. The van der Waals surface area contributed by atoms with Gasteiger partial charge >= 0.3 is 0 Å². The van der Waals surface area contributed by atoms with Crippen molar-refractivity contribution in [2.75, 3.05) is 19.7 Å². The van der Waals surface area contributed by atoms with Crippen LogP contribution in [0.4, 0.5) is 0 Å². The number of hydrogen-bond donors (Lipinski definition) is 1. The van der Waals surface area contributed by atoms with Crippen LogP contribution >= 0.6 is 23.2 Å². The molecular formula is C8H15Cl2N2O2+. The molecule has 4 nitrogen and oxygen atoms in total.